The van der Waals surface area contributed by atoms with Crippen LogP contribution in [0.25, 0.3) is 5.69 Å². The van der Waals surface area contributed by atoms with Crippen LogP contribution >= 0.6 is 11.6 Å². The molecule has 0 saturated heterocycles. The highest BCUT2D eigenvalue weighted by atomic mass is 35.5. The lowest BCUT2D eigenvalue weighted by Crippen LogP contribution is -2.14. The number of carbonyl (C=O) groups is 1. The SMILES string of the molecule is Cc1nn(-c2cccc(Cl)c2)nc1C(=O)Nc1ccc(OCc2nccn2C)cc1. The highest BCUT2D eigenvalue weighted by Crippen LogP contribution is 2.19. The first kappa shape index (κ1) is 19.7. The molecule has 0 atom stereocenters. The van der Waals surface area contributed by atoms with Crippen molar-refractivity contribution < 1.29 is 9.53 Å². The average molecular weight is 423 g/mol. The van der Waals surface area contributed by atoms with Crippen LogP contribution in [0.3, 0.4) is 0 Å². The lowest BCUT2D eigenvalue weighted by molar-refractivity contribution is 0.102. The maximum absolute atomic E-state index is 12.7. The van der Waals surface area contributed by atoms with Gasteiger partial charge in [-0.05, 0) is 49.4 Å². The maximum Gasteiger partial charge on any atom is 0.278 e. The summed E-state index contributed by atoms with van der Waals surface area (Å²) in [6.45, 7) is 2.10. The molecule has 0 aliphatic carbocycles. The number of nitrogens with zero attached hydrogens (tertiary/aromatic N) is 5. The van der Waals surface area contributed by atoms with Crippen LogP contribution in [-0.4, -0.2) is 30.5 Å². The van der Waals surface area contributed by atoms with E-state index in [4.69, 9.17) is 16.3 Å². The van der Waals surface area contributed by atoms with Gasteiger partial charge in [0, 0.05) is 30.2 Å². The Kier molecular flexibility index (Phi) is 5.49. The van der Waals surface area contributed by atoms with Crippen molar-refractivity contribution in [2.75, 3.05) is 5.32 Å². The minimum absolute atomic E-state index is 0.241. The van der Waals surface area contributed by atoms with Crippen molar-refractivity contribution in [2.24, 2.45) is 7.05 Å². The number of rotatable bonds is 6. The third kappa shape index (κ3) is 4.33. The minimum Gasteiger partial charge on any atom is -0.486 e. The Morgan fingerprint density at radius 3 is 2.67 bits per heavy atom. The fourth-order valence-electron chi connectivity index (χ4n) is 2.81. The number of hydrogen-bond donors (Lipinski definition) is 1. The number of hydrogen-bond acceptors (Lipinski definition) is 5. The van der Waals surface area contributed by atoms with E-state index in [0.29, 0.717) is 34.4 Å². The Hall–Kier alpha value is -3.65. The van der Waals surface area contributed by atoms with E-state index in [-0.39, 0.29) is 11.6 Å². The maximum atomic E-state index is 12.7. The molecule has 4 rings (SSSR count). The monoisotopic (exact) mass is 422 g/mol. The molecule has 152 valence electrons. The average Bonchev–Trinajstić information content (AvgIpc) is 3.33. The zero-order valence-electron chi connectivity index (χ0n) is 16.4. The first-order valence-electron chi connectivity index (χ1n) is 9.20. The van der Waals surface area contributed by atoms with Gasteiger partial charge in [-0.15, -0.1) is 5.10 Å². The second-order valence-electron chi connectivity index (χ2n) is 6.62. The minimum atomic E-state index is -0.345. The Morgan fingerprint density at radius 2 is 1.97 bits per heavy atom. The first-order valence-corrected chi connectivity index (χ1v) is 9.58. The first-order chi connectivity index (χ1) is 14.5. The third-order valence-corrected chi connectivity index (χ3v) is 4.67. The Labute approximate surface area is 178 Å². The highest BCUT2D eigenvalue weighted by molar-refractivity contribution is 6.30. The largest absolute Gasteiger partial charge is 0.486 e. The molecule has 9 heteroatoms. The van der Waals surface area contributed by atoms with Gasteiger partial charge >= 0.3 is 0 Å². The molecule has 0 aliphatic rings. The van der Waals surface area contributed by atoms with E-state index < -0.39 is 0 Å². The van der Waals surface area contributed by atoms with Gasteiger partial charge in [0.25, 0.3) is 5.91 Å². The molecule has 0 bridgehead atoms. The standard InChI is InChI=1S/C21H19ClN6O2/c1-14-20(26-28(25-14)17-5-3-4-15(22)12-17)21(29)24-16-6-8-18(9-7-16)30-13-19-23-10-11-27(19)2/h3-12H,13H2,1-2H3,(H,24,29). The number of ether oxygens (including phenoxy) is 1. The number of anilines is 1. The van der Waals surface area contributed by atoms with Crippen LogP contribution in [0.2, 0.25) is 5.02 Å². The fourth-order valence-corrected chi connectivity index (χ4v) is 3.00. The molecular formula is C21H19ClN6O2. The second-order valence-corrected chi connectivity index (χ2v) is 7.06. The van der Waals surface area contributed by atoms with Gasteiger partial charge in [-0.2, -0.15) is 9.90 Å². The molecule has 2 aromatic carbocycles. The van der Waals surface area contributed by atoms with Crippen LogP contribution in [0.15, 0.2) is 60.9 Å². The Bertz CT molecular complexity index is 1180. The van der Waals surface area contributed by atoms with Crippen molar-refractivity contribution in [1.82, 2.24) is 24.5 Å². The van der Waals surface area contributed by atoms with Crippen LogP contribution in [0.4, 0.5) is 5.69 Å². The van der Waals surface area contributed by atoms with Crippen molar-refractivity contribution in [3.63, 3.8) is 0 Å². The van der Waals surface area contributed by atoms with Gasteiger partial charge in [-0.3, -0.25) is 4.79 Å². The van der Waals surface area contributed by atoms with Crippen LogP contribution in [-0.2, 0) is 13.7 Å². The molecule has 8 nitrogen and oxygen atoms in total. The predicted octanol–water partition coefficient (Wildman–Crippen LogP) is 3.79. The van der Waals surface area contributed by atoms with Crippen molar-refractivity contribution >= 4 is 23.2 Å². The molecular weight excluding hydrogens is 404 g/mol. The van der Waals surface area contributed by atoms with Crippen LogP contribution in [0, 0.1) is 6.92 Å². The molecule has 2 aromatic heterocycles. The molecule has 0 spiro atoms. The van der Waals surface area contributed by atoms with E-state index in [1.807, 2.05) is 23.9 Å². The summed E-state index contributed by atoms with van der Waals surface area (Å²) in [5, 5.41) is 12.0. The van der Waals surface area contributed by atoms with E-state index in [1.165, 1.54) is 4.80 Å². The summed E-state index contributed by atoms with van der Waals surface area (Å²) >= 11 is 6.02. The lowest BCUT2D eigenvalue weighted by Gasteiger charge is -2.08. The van der Waals surface area contributed by atoms with E-state index in [2.05, 4.69) is 20.5 Å². The zero-order chi connectivity index (χ0) is 21.1. The van der Waals surface area contributed by atoms with E-state index in [1.54, 1.807) is 55.6 Å². The number of imidazole rings is 1. The molecule has 0 aliphatic heterocycles. The molecule has 30 heavy (non-hydrogen) atoms. The van der Waals surface area contributed by atoms with Gasteiger partial charge in [0.05, 0.1) is 11.4 Å². The Balaban J connectivity index is 1.42. The van der Waals surface area contributed by atoms with Crippen molar-refractivity contribution in [2.45, 2.75) is 13.5 Å². The van der Waals surface area contributed by atoms with Gasteiger partial charge in [-0.25, -0.2) is 4.98 Å². The van der Waals surface area contributed by atoms with Crippen molar-refractivity contribution in [3.05, 3.63) is 83.2 Å². The molecule has 2 heterocycles. The number of halogens is 1. The number of carbonyl (C=O) groups excluding carboxylic acids is 1. The smallest absolute Gasteiger partial charge is 0.278 e. The number of aryl methyl sites for hydroxylation is 2. The van der Waals surface area contributed by atoms with Gasteiger partial charge in [0.1, 0.15) is 18.2 Å². The predicted molar refractivity (Wildman–Crippen MR) is 113 cm³/mol. The summed E-state index contributed by atoms with van der Waals surface area (Å²) in [5.74, 6) is 1.16. The molecule has 4 aromatic rings. The van der Waals surface area contributed by atoms with Gasteiger partial charge in [0.2, 0.25) is 0 Å². The van der Waals surface area contributed by atoms with E-state index >= 15 is 0 Å². The lowest BCUT2D eigenvalue weighted by atomic mass is 10.2. The summed E-state index contributed by atoms with van der Waals surface area (Å²) in [4.78, 5) is 18.3. The number of nitrogens with one attached hydrogen (secondary N) is 1. The third-order valence-electron chi connectivity index (χ3n) is 4.44. The summed E-state index contributed by atoms with van der Waals surface area (Å²) < 4.78 is 7.62. The highest BCUT2D eigenvalue weighted by Gasteiger charge is 2.17. The molecule has 0 radical (unpaired) electrons. The number of aromatic nitrogens is 5. The van der Waals surface area contributed by atoms with E-state index in [9.17, 15) is 4.79 Å². The quantitative estimate of drug-likeness (QED) is 0.510. The fraction of sp³-hybridized carbons (Fsp3) is 0.143. The zero-order valence-corrected chi connectivity index (χ0v) is 17.2. The summed E-state index contributed by atoms with van der Waals surface area (Å²) in [7, 11) is 1.91. The molecule has 0 unspecified atom stereocenters. The molecule has 1 N–H and O–H groups in total. The molecule has 0 fully saturated rings. The summed E-state index contributed by atoms with van der Waals surface area (Å²) in [6, 6.07) is 14.2. The Morgan fingerprint density at radius 1 is 1.17 bits per heavy atom. The second kappa shape index (κ2) is 8.38. The normalized spacial score (nSPS) is 10.8. The van der Waals surface area contributed by atoms with Gasteiger partial charge in [-0.1, -0.05) is 17.7 Å². The summed E-state index contributed by atoms with van der Waals surface area (Å²) in [6.07, 6.45) is 3.59. The van der Waals surface area contributed by atoms with Gasteiger partial charge in [0.15, 0.2) is 5.69 Å². The van der Waals surface area contributed by atoms with E-state index in [0.717, 1.165) is 5.82 Å². The summed E-state index contributed by atoms with van der Waals surface area (Å²) in [5.41, 5.74) is 2.06. The molecule has 0 saturated carbocycles. The van der Waals surface area contributed by atoms with Crippen molar-refractivity contribution in [1.29, 1.82) is 0 Å². The molecule has 1 amide bonds. The topological polar surface area (TPSA) is 86.9 Å². The van der Waals surface area contributed by atoms with Crippen LogP contribution < -0.4 is 10.1 Å². The van der Waals surface area contributed by atoms with Crippen molar-refractivity contribution in [3.8, 4) is 11.4 Å². The van der Waals surface area contributed by atoms with Crippen LogP contribution in [0.5, 0.6) is 5.75 Å². The van der Waals surface area contributed by atoms with Crippen LogP contribution in [0.1, 0.15) is 22.0 Å². The number of amides is 1. The van der Waals surface area contributed by atoms with Gasteiger partial charge < -0.3 is 14.6 Å². The number of benzene rings is 2.